The summed E-state index contributed by atoms with van der Waals surface area (Å²) in [4.78, 5) is 41.0. The summed E-state index contributed by atoms with van der Waals surface area (Å²) in [5.74, 6) is -0.555. The van der Waals surface area contributed by atoms with Crippen molar-refractivity contribution in [2.45, 2.75) is 58.7 Å². The largest absolute Gasteiger partial charge is 0.352 e. The van der Waals surface area contributed by atoms with Gasteiger partial charge in [0.15, 0.2) is 0 Å². The zero-order chi connectivity index (χ0) is 28.2. The van der Waals surface area contributed by atoms with Gasteiger partial charge in [-0.15, -0.1) is 0 Å². The van der Waals surface area contributed by atoms with Crippen LogP contribution in [0, 0.1) is 5.92 Å². The Hall–Kier alpha value is -3.97. The molecule has 39 heavy (non-hydrogen) atoms. The molecular formula is C32H38N4O3. The molecule has 4 N–H and O–H groups in total. The molecule has 4 rings (SSSR count). The topological polar surface area (TPSA) is 105 Å². The third kappa shape index (κ3) is 6.73. The first kappa shape index (κ1) is 28.0. The van der Waals surface area contributed by atoms with E-state index in [-0.39, 0.29) is 30.1 Å². The molecular weight excluding hydrogens is 488 g/mol. The predicted octanol–water partition coefficient (Wildman–Crippen LogP) is 4.44. The number of benzene rings is 3. The van der Waals surface area contributed by atoms with Crippen molar-refractivity contribution in [3.05, 3.63) is 89.5 Å². The van der Waals surface area contributed by atoms with Crippen molar-refractivity contribution in [3.8, 4) is 11.1 Å². The van der Waals surface area contributed by atoms with Crippen LogP contribution in [0.5, 0.6) is 0 Å². The lowest BCUT2D eigenvalue weighted by Gasteiger charge is -2.29. The van der Waals surface area contributed by atoms with Gasteiger partial charge in [0.25, 0.3) is 5.91 Å². The Morgan fingerprint density at radius 3 is 2.36 bits per heavy atom. The van der Waals surface area contributed by atoms with E-state index in [1.54, 1.807) is 18.7 Å². The third-order valence-corrected chi connectivity index (χ3v) is 6.97. The summed E-state index contributed by atoms with van der Waals surface area (Å²) >= 11 is 0. The Morgan fingerprint density at radius 2 is 1.67 bits per heavy atom. The van der Waals surface area contributed by atoms with E-state index in [0.717, 1.165) is 27.9 Å². The van der Waals surface area contributed by atoms with Crippen LogP contribution in [0.2, 0.25) is 0 Å². The molecule has 1 aliphatic rings. The molecule has 1 heterocycles. The van der Waals surface area contributed by atoms with Crippen LogP contribution in [0.15, 0.2) is 72.8 Å². The Morgan fingerprint density at radius 1 is 1.00 bits per heavy atom. The fourth-order valence-corrected chi connectivity index (χ4v) is 5.11. The van der Waals surface area contributed by atoms with Crippen molar-refractivity contribution in [2.24, 2.45) is 11.7 Å². The monoisotopic (exact) mass is 526 g/mol. The smallest absolute Gasteiger partial charge is 0.251 e. The molecule has 0 aliphatic carbocycles. The number of rotatable bonds is 8. The molecule has 3 amide bonds. The standard InChI is InChI=1S/C32H38N4O3/c1-5-34-30(38)26-12-8-7-11-25(26)23-16-14-22(15-17-23)20-36-27-13-9-6-10-24(27)18-21(2)29(31(36)39)35-28(37)19-32(3,4)33/h6-17,21,29H,5,18-20,33H2,1-4H3,(H,34,38)(H,35,37). The van der Waals surface area contributed by atoms with Gasteiger partial charge >= 0.3 is 0 Å². The van der Waals surface area contributed by atoms with Crippen molar-refractivity contribution in [1.82, 2.24) is 10.6 Å². The first-order chi connectivity index (χ1) is 18.6. The van der Waals surface area contributed by atoms with Crippen molar-refractivity contribution >= 4 is 23.4 Å². The fraction of sp³-hybridized carbons (Fsp3) is 0.344. The van der Waals surface area contributed by atoms with E-state index in [1.165, 1.54) is 0 Å². The summed E-state index contributed by atoms with van der Waals surface area (Å²) in [6.45, 7) is 8.40. The van der Waals surface area contributed by atoms with E-state index in [1.807, 2.05) is 86.6 Å². The van der Waals surface area contributed by atoms with Crippen LogP contribution < -0.4 is 21.3 Å². The van der Waals surface area contributed by atoms with Gasteiger partial charge in [-0.1, -0.05) is 67.6 Å². The average Bonchev–Trinajstić information content (AvgIpc) is 2.98. The number of carbonyl (C=O) groups excluding carboxylic acids is 3. The normalized spacial score (nSPS) is 17.3. The minimum Gasteiger partial charge on any atom is -0.352 e. The Balaban J connectivity index is 1.62. The molecule has 0 bridgehead atoms. The van der Waals surface area contributed by atoms with Gasteiger partial charge in [0.1, 0.15) is 6.04 Å². The van der Waals surface area contributed by atoms with Crippen LogP contribution in [0.1, 0.15) is 55.6 Å². The molecule has 0 saturated heterocycles. The number of fused-ring (bicyclic) bond motifs is 1. The molecule has 0 aromatic heterocycles. The van der Waals surface area contributed by atoms with Crippen LogP contribution in [-0.2, 0) is 22.6 Å². The molecule has 0 fully saturated rings. The molecule has 1 aliphatic heterocycles. The highest BCUT2D eigenvalue weighted by Gasteiger charge is 2.36. The number of hydrogen-bond donors (Lipinski definition) is 3. The molecule has 2 unspecified atom stereocenters. The second-order valence-corrected chi connectivity index (χ2v) is 11.0. The summed E-state index contributed by atoms with van der Waals surface area (Å²) in [7, 11) is 0. The zero-order valence-corrected chi connectivity index (χ0v) is 23.2. The van der Waals surface area contributed by atoms with Crippen LogP contribution >= 0.6 is 0 Å². The van der Waals surface area contributed by atoms with Crippen molar-refractivity contribution < 1.29 is 14.4 Å². The number of para-hydroxylation sites is 1. The van der Waals surface area contributed by atoms with Gasteiger partial charge < -0.3 is 21.3 Å². The van der Waals surface area contributed by atoms with Crippen LogP contribution in [0.25, 0.3) is 11.1 Å². The highest BCUT2D eigenvalue weighted by atomic mass is 16.2. The molecule has 3 aromatic rings. The maximum atomic E-state index is 13.9. The highest BCUT2D eigenvalue weighted by molar-refractivity contribution is 6.01. The van der Waals surface area contributed by atoms with Crippen LogP contribution in [-0.4, -0.2) is 35.8 Å². The van der Waals surface area contributed by atoms with E-state index < -0.39 is 11.6 Å². The summed E-state index contributed by atoms with van der Waals surface area (Å²) in [5, 5.41) is 5.85. The van der Waals surface area contributed by atoms with Gasteiger partial charge in [0.2, 0.25) is 11.8 Å². The molecule has 2 atom stereocenters. The minimum atomic E-state index is -0.665. The second kappa shape index (κ2) is 11.8. The van der Waals surface area contributed by atoms with Crippen LogP contribution in [0.3, 0.4) is 0 Å². The lowest BCUT2D eigenvalue weighted by molar-refractivity contribution is -0.129. The van der Waals surface area contributed by atoms with E-state index >= 15 is 0 Å². The van der Waals surface area contributed by atoms with Gasteiger partial charge in [-0.05, 0) is 67.5 Å². The lowest BCUT2D eigenvalue weighted by Crippen LogP contribution is -2.52. The quantitative estimate of drug-likeness (QED) is 0.404. The molecule has 3 aromatic carbocycles. The van der Waals surface area contributed by atoms with Crippen LogP contribution in [0.4, 0.5) is 5.69 Å². The van der Waals surface area contributed by atoms with E-state index in [4.69, 9.17) is 5.73 Å². The van der Waals surface area contributed by atoms with Crippen molar-refractivity contribution in [1.29, 1.82) is 0 Å². The third-order valence-electron chi connectivity index (χ3n) is 6.97. The van der Waals surface area contributed by atoms with Gasteiger partial charge in [0.05, 0.1) is 6.54 Å². The number of anilines is 1. The fourth-order valence-electron chi connectivity index (χ4n) is 5.11. The minimum absolute atomic E-state index is 0.0818. The molecule has 0 spiro atoms. The summed E-state index contributed by atoms with van der Waals surface area (Å²) in [5.41, 5.74) is 10.7. The zero-order valence-electron chi connectivity index (χ0n) is 23.2. The van der Waals surface area contributed by atoms with E-state index in [2.05, 4.69) is 10.6 Å². The molecule has 7 heteroatoms. The first-order valence-corrected chi connectivity index (χ1v) is 13.5. The Kier molecular flexibility index (Phi) is 8.51. The predicted molar refractivity (Wildman–Crippen MR) is 155 cm³/mol. The summed E-state index contributed by atoms with van der Waals surface area (Å²) in [6, 6.07) is 22.7. The number of nitrogens with two attached hydrogens (primary N) is 1. The summed E-state index contributed by atoms with van der Waals surface area (Å²) in [6.07, 6.45) is 0.806. The number of carbonyl (C=O) groups is 3. The average molecular weight is 527 g/mol. The second-order valence-electron chi connectivity index (χ2n) is 11.0. The number of amides is 3. The number of hydrogen-bond acceptors (Lipinski definition) is 4. The van der Waals surface area contributed by atoms with Gasteiger partial charge in [-0.3, -0.25) is 14.4 Å². The SMILES string of the molecule is CCNC(=O)c1ccccc1-c1ccc(CN2C(=O)C(NC(=O)CC(C)(C)N)C(C)Cc3ccccc32)cc1. The summed E-state index contributed by atoms with van der Waals surface area (Å²) < 4.78 is 0. The maximum absolute atomic E-state index is 13.9. The molecule has 0 saturated carbocycles. The van der Waals surface area contributed by atoms with Crippen molar-refractivity contribution in [3.63, 3.8) is 0 Å². The molecule has 204 valence electrons. The van der Waals surface area contributed by atoms with E-state index in [9.17, 15) is 14.4 Å². The highest BCUT2D eigenvalue weighted by Crippen LogP contribution is 2.32. The number of nitrogens with one attached hydrogen (secondary N) is 2. The van der Waals surface area contributed by atoms with Crippen molar-refractivity contribution in [2.75, 3.05) is 11.4 Å². The van der Waals surface area contributed by atoms with Gasteiger partial charge in [-0.25, -0.2) is 0 Å². The van der Waals surface area contributed by atoms with E-state index in [0.29, 0.717) is 25.1 Å². The molecule has 0 radical (unpaired) electrons. The number of nitrogens with zero attached hydrogens (tertiary/aromatic N) is 1. The Bertz CT molecular complexity index is 1340. The lowest BCUT2D eigenvalue weighted by atomic mass is 9.94. The van der Waals surface area contributed by atoms with Gasteiger partial charge in [-0.2, -0.15) is 0 Å². The first-order valence-electron chi connectivity index (χ1n) is 13.5. The Labute approximate surface area is 230 Å². The van der Waals surface area contributed by atoms with Gasteiger partial charge in [0, 0.05) is 29.8 Å². The maximum Gasteiger partial charge on any atom is 0.251 e. The molecule has 7 nitrogen and oxygen atoms in total.